The molecule has 3 rings (SSSR count). The van der Waals surface area contributed by atoms with Crippen molar-refractivity contribution >= 4 is 11.5 Å². The number of rotatable bonds is 2. The molecule has 1 aromatic heterocycles. The SMILES string of the molecule is C/C=C(\NC)c1ccccc1C.CC.CCC.Cc1nc(C)c2c(n1)NCC2C. The van der Waals surface area contributed by atoms with Gasteiger partial charge in [-0.25, -0.2) is 9.97 Å². The van der Waals surface area contributed by atoms with Gasteiger partial charge in [-0.15, -0.1) is 0 Å². The van der Waals surface area contributed by atoms with Crippen LogP contribution in [0.1, 0.15) is 82.1 Å². The van der Waals surface area contributed by atoms with Crippen molar-refractivity contribution in [3.8, 4) is 0 Å². The second-order valence-corrected chi connectivity index (χ2v) is 6.87. The Labute approximate surface area is 179 Å². The zero-order valence-electron chi connectivity index (χ0n) is 20.3. The fourth-order valence-electron chi connectivity index (χ4n) is 3.11. The van der Waals surface area contributed by atoms with Gasteiger partial charge in [0.05, 0.1) is 0 Å². The van der Waals surface area contributed by atoms with E-state index in [1.165, 1.54) is 28.8 Å². The monoisotopic (exact) mass is 398 g/mol. The summed E-state index contributed by atoms with van der Waals surface area (Å²) >= 11 is 0. The van der Waals surface area contributed by atoms with Gasteiger partial charge in [0.25, 0.3) is 0 Å². The first-order valence-corrected chi connectivity index (χ1v) is 10.9. The molecule has 2 N–H and O–H groups in total. The van der Waals surface area contributed by atoms with Crippen LogP contribution in [0, 0.1) is 20.8 Å². The highest BCUT2D eigenvalue weighted by atomic mass is 15.1. The van der Waals surface area contributed by atoms with E-state index in [0.29, 0.717) is 5.92 Å². The molecule has 0 fully saturated rings. The van der Waals surface area contributed by atoms with Crippen molar-refractivity contribution < 1.29 is 0 Å². The summed E-state index contributed by atoms with van der Waals surface area (Å²) in [5.74, 6) is 2.45. The first kappa shape index (κ1) is 26.6. The number of benzene rings is 1. The minimum atomic E-state index is 0.556. The standard InChI is InChI=1S/C11H15N.C9H13N3.C3H8.C2H6/c1-4-11(12-3)10-8-6-5-7-9(10)2;1-5-4-10-9-8(5)6(2)11-7(3)12-9;1-3-2;1-2/h4-8,12H,1-3H3;5H,4H2,1-3H3,(H,10,11,12);3H2,1-2H3;1-2H3/b11-4-;;;. The van der Waals surface area contributed by atoms with Crippen molar-refractivity contribution in [2.24, 2.45) is 0 Å². The van der Waals surface area contributed by atoms with Gasteiger partial charge in [-0.05, 0) is 33.3 Å². The van der Waals surface area contributed by atoms with Crippen LogP contribution in [-0.2, 0) is 0 Å². The van der Waals surface area contributed by atoms with Gasteiger partial charge >= 0.3 is 0 Å². The van der Waals surface area contributed by atoms with Crippen LogP contribution in [0.15, 0.2) is 30.3 Å². The zero-order chi connectivity index (χ0) is 22.4. The molecule has 1 aliphatic rings. The molecule has 162 valence electrons. The summed E-state index contributed by atoms with van der Waals surface area (Å²) in [6.07, 6.45) is 3.34. The van der Waals surface area contributed by atoms with Gasteiger partial charge in [0.15, 0.2) is 0 Å². The normalized spacial score (nSPS) is 14.0. The average Bonchev–Trinajstić information content (AvgIpc) is 3.08. The first-order chi connectivity index (χ1) is 13.9. The number of nitrogens with one attached hydrogen (secondary N) is 2. The highest BCUT2D eigenvalue weighted by Gasteiger charge is 2.22. The molecule has 2 heterocycles. The number of hydrogen-bond acceptors (Lipinski definition) is 4. The summed E-state index contributed by atoms with van der Waals surface area (Å²) in [6, 6.07) is 8.36. The molecule has 0 bridgehead atoms. The van der Waals surface area contributed by atoms with Gasteiger partial charge in [0.1, 0.15) is 11.6 Å². The predicted octanol–water partition coefficient (Wildman–Crippen LogP) is 6.64. The molecular weight excluding hydrogens is 356 g/mol. The summed E-state index contributed by atoms with van der Waals surface area (Å²) in [5, 5.41) is 6.45. The Morgan fingerprint density at radius 2 is 1.72 bits per heavy atom. The van der Waals surface area contributed by atoms with E-state index in [9.17, 15) is 0 Å². The Morgan fingerprint density at radius 3 is 2.24 bits per heavy atom. The maximum Gasteiger partial charge on any atom is 0.133 e. The van der Waals surface area contributed by atoms with Crippen LogP contribution in [0.25, 0.3) is 5.70 Å². The first-order valence-electron chi connectivity index (χ1n) is 10.9. The van der Waals surface area contributed by atoms with E-state index >= 15 is 0 Å². The number of nitrogens with zero attached hydrogens (tertiary/aromatic N) is 2. The van der Waals surface area contributed by atoms with Gasteiger partial charge in [0.2, 0.25) is 0 Å². The van der Waals surface area contributed by atoms with Gasteiger partial charge < -0.3 is 10.6 Å². The highest BCUT2D eigenvalue weighted by molar-refractivity contribution is 5.66. The van der Waals surface area contributed by atoms with E-state index in [1.54, 1.807) is 0 Å². The lowest BCUT2D eigenvalue weighted by atomic mass is 10.0. The topological polar surface area (TPSA) is 49.8 Å². The second-order valence-electron chi connectivity index (χ2n) is 6.87. The van der Waals surface area contributed by atoms with Gasteiger partial charge in [-0.2, -0.15) is 0 Å². The minimum Gasteiger partial charge on any atom is -0.388 e. The van der Waals surface area contributed by atoms with Crippen molar-refractivity contribution in [3.63, 3.8) is 0 Å². The lowest BCUT2D eigenvalue weighted by Crippen LogP contribution is -2.05. The van der Waals surface area contributed by atoms with Crippen LogP contribution in [-0.4, -0.2) is 23.6 Å². The maximum atomic E-state index is 4.34. The highest BCUT2D eigenvalue weighted by Crippen LogP contribution is 2.30. The number of aryl methyl sites for hydroxylation is 3. The Bertz CT molecular complexity index is 750. The summed E-state index contributed by atoms with van der Waals surface area (Å²) < 4.78 is 0. The molecular formula is C25H42N4. The molecule has 29 heavy (non-hydrogen) atoms. The van der Waals surface area contributed by atoms with E-state index in [0.717, 1.165) is 23.9 Å². The van der Waals surface area contributed by atoms with E-state index in [4.69, 9.17) is 0 Å². The molecule has 0 saturated carbocycles. The average molecular weight is 399 g/mol. The van der Waals surface area contributed by atoms with Crippen molar-refractivity contribution in [3.05, 3.63) is 58.6 Å². The summed E-state index contributed by atoms with van der Waals surface area (Å²) in [7, 11) is 1.95. The molecule has 0 saturated heterocycles. The Balaban J connectivity index is 0.000000444. The molecule has 4 heteroatoms. The van der Waals surface area contributed by atoms with Crippen LogP contribution in [0.5, 0.6) is 0 Å². The van der Waals surface area contributed by atoms with E-state index in [-0.39, 0.29) is 0 Å². The summed E-state index contributed by atoms with van der Waals surface area (Å²) in [5.41, 5.74) is 6.19. The molecule has 0 aliphatic carbocycles. The molecule has 2 aromatic rings. The predicted molar refractivity (Wildman–Crippen MR) is 130 cm³/mol. The Kier molecular flexibility index (Phi) is 13.4. The van der Waals surface area contributed by atoms with Crippen LogP contribution in [0.2, 0.25) is 0 Å². The molecule has 0 amide bonds. The maximum absolute atomic E-state index is 4.34. The van der Waals surface area contributed by atoms with Crippen molar-refractivity contribution in [1.82, 2.24) is 15.3 Å². The third-order valence-electron chi connectivity index (χ3n) is 4.31. The van der Waals surface area contributed by atoms with Crippen LogP contribution in [0.4, 0.5) is 5.82 Å². The van der Waals surface area contributed by atoms with E-state index < -0.39 is 0 Å². The lowest BCUT2D eigenvalue weighted by Gasteiger charge is -2.08. The fourth-order valence-corrected chi connectivity index (χ4v) is 3.11. The van der Waals surface area contributed by atoms with Crippen LogP contribution in [0.3, 0.4) is 0 Å². The number of allylic oxidation sites excluding steroid dienone is 1. The molecule has 4 nitrogen and oxygen atoms in total. The van der Waals surface area contributed by atoms with Crippen molar-refractivity contribution in [1.29, 1.82) is 0 Å². The number of hydrogen-bond donors (Lipinski definition) is 2. The Hall–Kier alpha value is -2.36. The number of anilines is 1. The lowest BCUT2D eigenvalue weighted by molar-refractivity contribution is 0.833. The van der Waals surface area contributed by atoms with Crippen molar-refractivity contribution in [2.45, 2.75) is 74.7 Å². The second kappa shape index (κ2) is 14.6. The van der Waals surface area contributed by atoms with E-state index in [1.807, 2.05) is 34.7 Å². The summed E-state index contributed by atoms with van der Waals surface area (Å²) in [6.45, 7) is 19.6. The molecule has 0 spiro atoms. The quantitative estimate of drug-likeness (QED) is 0.595. The van der Waals surface area contributed by atoms with Crippen molar-refractivity contribution in [2.75, 3.05) is 18.9 Å². The molecule has 1 unspecified atom stereocenters. The third-order valence-corrected chi connectivity index (χ3v) is 4.31. The number of aromatic nitrogens is 2. The largest absolute Gasteiger partial charge is 0.388 e. The third kappa shape index (κ3) is 8.26. The Morgan fingerprint density at radius 1 is 1.14 bits per heavy atom. The van der Waals surface area contributed by atoms with Crippen LogP contribution < -0.4 is 10.6 Å². The van der Waals surface area contributed by atoms with Gasteiger partial charge in [0, 0.05) is 42.0 Å². The molecule has 1 atom stereocenters. The molecule has 1 aliphatic heterocycles. The smallest absolute Gasteiger partial charge is 0.133 e. The minimum absolute atomic E-state index is 0.556. The van der Waals surface area contributed by atoms with E-state index in [2.05, 4.69) is 85.6 Å². The van der Waals surface area contributed by atoms with Gasteiger partial charge in [-0.1, -0.05) is 71.4 Å². The van der Waals surface area contributed by atoms with Gasteiger partial charge in [-0.3, -0.25) is 0 Å². The van der Waals surface area contributed by atoms with Crippen LogP contribution >= 0.6 is 0 Å². The molecule has 0 radical (unpaired) electrons. The summed E-state index contributed by atoms with van der Waals surface area (Å²) in [4.78, 5) is 8.69. The molecule has 1 aromatic carbocycles. The zero-order valence-corrected chi connectivity index (χ0v) is 20.3. The number of fused-ring (bicyclic) bond motifs is 1. The fraction of sp³-hybridized carbons (Fsp3) is 0.520.